The lowest BCUT2D eigenvalue weighted by Gasteiger charge is -2.13. The van der Waals surface area contributed by atoms with E-state index >= 15 is 0 Å². The lowest BCUT2D eigenvalue weighted by atomic mass is 10.2. The Hall–Kier alpha value is -3.03. The number of amides is 1. The van der Waals surface area contributed by atoms with Crippen molar-refractivity contribution in [3.63, 3.8) is 0 Å². The lowest BCUT2D eigenvalue weighted by Crippen LogP contribution is -2.29. The number of aryl methyl sites for hydroxylation is 2. The highest BCUT2D eigenvalue weighted by Gasteiger charge is 2.24. The number of para-hydroxylation sites is 1. The maximum atomic E-state index is 12.6. The number of aromatic nitrogens is 6. The van der Waals surface area contributed by atoms with E-state index in [9.17, 15) is 4.79 Å². The highest BCUT2D eigenvalue weighted by molar-refractivity contribution is 5.93. The van der Waals surface area contributed by atoms with Gasteiger partial charge < -0.3 is 9.88 Å². The monoisotopic (exact) mass is 337 g/mol. The topological polar surface area (TPSA) is 90.5 Å². The number of nitrogens with one attached hydrogen (secondary N) is 1. The number of hydrogen-bond acceptors (Lipinski definition) is 5. The first kappa shape index (κ1) is 15.5. The molecule has 4 rings (SSSR count). The molecule has 3 aromatic rings. The Kier molecular flexibility index (Phi) is 3.79. The second-order valence-electron chi connectivity index (χ2n) is 6.18. The Bertz CT molecular complexity index is 912. The minimum atomic E-state index is -0.262. The molecule has 8 nitrogen and oxygen atoms in total. The maximum absolute atomic E-state index is 12.6. The largest absolute Gasteiger partial charge is 0.341 e. The first-order valence-electron chi connectivity index (χ1n) is 8.35. The zero-order chi connectivity index (χ0) is 17.4. The molecule has 0 bridgehead atoms. The number of hydrogen-bond donors (Lipinski definition) is 1. The Balaban J connectivity index is 1.54. The number of carbonyl (C=O) groups excluding carboxylic acids is 1. The van der Waals surface area contributed by atoms with Crippen LogP contribution in [0.1, 0.15) is 47.2 Å². The molecule has 0 saturated carbocycles. The number of nitrogens with zero attached hydrogens (tertiary/aromatic N) is 6. The summed E-state index contributed by atoms with van der Waals surface area (Å²) in [4.78, 5) is 14.1. The van der Waals surface area contributed by atoms with E-state index in [0.29, 0.717) is 11.4 Å². The average Bonchev–Trinajstić information content (AvgIpc) is 3.30. The third-order valence-corrected chi connectivity index (χ3v) is 4.36. The van der Waals surface area contributed by atoms with Crippen molar-refractivity contribution in [3.8, 4) is 5.69 Å². The van der Waals surface area contributed by atoms with Gasteiger partial charge in [-0.3, -0.25) is 4.79 Å². The van der Waals surface area contributed by atoms with Crippen LogP contribution in [-0.4, -0.2) is 35.7 Å². The molecule has 2 aromatic heterocycles. The Labute approximate surface area is 144 Å². The van der Waals surface area contributed by atoms with Crippen LogP contribution in [0.3, 0.4) is 0 Å². The van der Waals surface area contributed by atoms with Crippen molar-refractivity contribution in [2.75, 3.05) is 0 Å². The van der Waals surface area contributed by atoms with Gasteiger partial charge >= 0.3 is 0 Å². The van der Waals surface area contributed by atoms with Gasteiger partial charge in [-0.05, 0) is 32.4 Å². The van der Waals surface area contributed by atoms with E-state index in [0.717, 1.165) is 36.7 Å². The molecule has 0 saturated heterocycles. The van der Waals surface area contributed by atoms with Crippen molar-refractivity contribution >= 4 is 5.91 Å². The van der Waals surface area contributed by atoms with Crippen LogP contribution in [0.4, 0.5) is 0 Å². The summed E-state index contributed by atoms with van der Waals surface area (Å²) in [5.41, 5.74) is 1.71. The first-order valence-corrected chi connectivity index (χ1v) is 8.35. The molecule has 0 spiro atoms. The summed E-state index contributed by atoms with van der Waals surface area (Å²) >= 11 is 0. The molecule has 0 fully saturated rings. The third-order valence-electron chi connectivity index (χ3n) is 4.36. The van der Waals surface area contributed by atoms with Crippen LogP contribution in [-0.2, 0) is 13.0 Å². The molecule has 1 aliphatic heterocycles. The van der Waals surface area contributed by atoms with E-state index in [2.05, 4.69) is 30.3 Å². The van der Waals surface area contributed by atoms with Crippen LogP contribution in [0.2, 0.25) is 0 Å². The summed E-state index contributed by atoms with van der Waals surface area (Å²) in [7, 11) is 0. The van der Waals surface area contributed by atoms with E-state index in [-0.39, 0.29) is 11.9 Å². The van der Waals surface area contributed by atoms with Crippen LogP contribution < -0.4 is 5.32 Å². The second kappa shape index (κ2) is 6.12. The van der Waals surface area contributed by atoms with E-state index in [1.54, 1.807) is 6.92 Å². The van der Waals surface area contributed by atoms with Gasteiger partial charge in [-0.1, -0.05) is 18.2 Å². The molecule has 128 valence electrons. The molecule has 3 heterocycles. The molecule has 8 heteroatoms. The molecule has 1 N–H and O–H groups in total. The molecule has 0 unspecified atom stereocenters. The predicted molar refractivity (Wildman–Crippen MR) is 90.3 cm³/mol. The van der Waals surface area contributed by atoms with Gasteiger partial charge in [-0.2, -0.15) is 9.90 Å². The van der Waals surface area contributed by atoms with Gasteiger partial charge in [0.05, 0.1) is 17.4 Å². The standard InChI is InChI=1S/C17H19N7O/c1-11-15(22-24(21-11)13-7-4-3-5-8-13)17(25)18-12(2)16-20-19-14-9-6-10-23(14)16/h3-5,7-8,12H,6,9-10H2,1-2H3,(H,18,25)/t12-/m1/s1. The zero-order valence-corrected chi connectivity index (χ0v) is 14.2. The molecular formula is C17H19N7O. The first-order chi connectivity index (χ1) is 12.1. The minimum Gasteiger partial charge on any atom is -0.341 e. The van der Waals surface area contributed by atoms with Gasteiger partial charge in [-0.15, -0.1) is 15.3 Å². The molecule has 0 radical (unpaired) electrons. The lowest BCUT2D eigenvalue weighted by molar-refractivity contribution is 0.0931. The van der Waals surface area contributed by atoms with Crippen LogP contribution in [0, 0.1) is 6.92 Å². The summed E-state index contributed by atoms with van der Waals surface area (Å²) in [5, 5.41) is 20.0. The highest BCUT2D eigenvalue weighted by Crippen LogP contribution is 2.19. The van der Waals surface area contributed by atoms with Gasteiger partial charge in [-0.25, -0.2) is 0 Å². The van der Waals surface area contributed by atoms with Crippen LogP contribution >= 0.6 is 0 Å². The van der Waals surface area contributed by atoms with Crippen molar-refractivity contribution < 1.29 is 4.79 Å². The van der Waals surface area contributed by atoms with Gasteiger partial charge in [0.15, 0.2) is 11.5 Å². The minimum absolute atomic E-state index is 0.242. The Morgan fingerprint density at radius 2 is 2.00 bits per heavy atom. The molecule has 1 amide bonds. The second-order valence-corrected chi connectivity index (χ2v) is 6.18. The number of carbonyl (C=O) groups is 1. The van der Waals surface area contributed by atoms with E-state index < -0.39 is 0 Å². The summed E-state index contributed by atoms with van der Waals surface area (Å²) in [6, 6.07) is 9.27. The third kappa shape index (κ3) is 2.79. The van der Waals surface area contributed by atoms with Crippen LogP contribution in [0.5, 0.6) is 0 Å². The molecule has 1 aromatic carbocycles. The highest BCUT2D eigenvalue weighted by atomic mass is 16.2. The predicted octanol–water partition coefficient (Wildman–Crippen LogP) is 1.60. The Morgan fingerprint density at radius 1 is 1.20 bits per heavy atom. The number of rotatable bonds is 4. The molecular weight excluding hydrogens is 318 g/mol. The summed E-state index contributed by atoms with van der Waals surface area (Å²) in [5.74, 6) is 1.51. The summed E-state index contributed by atoms with van der Waals surface area (Å²) in [6.07, 6.45) is 2.02. The maximum Gasteiger partial charge on any atom is 0.274 e. The normalized spacial score (nSPS) is 14.3. The van der Waals surface area contributed by atoms with Crippen molar-refractivity contribution in [1.82, 2.24) is 35.1 Å². The number of fused-ring (bicyclic) bond motifs is 1. The van der Waals surface area contributed by atoms with Gasteiger partial charge in [0, 0.05) is 13.0 Å². The van der Waals surface area contributed by atoms with Crippen molar-refractivity contribution in [2.24, 2.45) is 0 Å². The average molecular weight is 337 g/mol. The fraction of sp³-hybridized carbons (Fsp3) is 0.353. The van der Waals surface area contributed by atoms with Gasteiger partial charge in [0.25, 0.3) is 5.91 Å². The fourth-order valence-corrected chi connectivity index (χ4v) is 3.09. The quantitative estimate of drug-likeness (QED) is 0.781. The number of benzene rings is 1. The summed E-state index contributed by atoms with van der Waals surface area (Å²) in [6.45, 7) is 4.59. The Morgan fingerprint density at radius 3 is 2.80 bits per heavy atom. The molecule has 1 atom stereocenters. The van der Waals surface area contributed by atoms with Crippen molar-refractivity contribution in [2.45, 2.75) is 39.3 Å². The SMILES string of the molecule is Cc1nn(-c2ccccc2)nc1C(=O)N[C@H](C)c1nnc2n1CCC2. The van der Waals surface area contributed by atoms with Crippen molar-refractivity contribution in [3.05, 3.63) is 53.4 Å². The van der Waals surface area contributed by atoms with E-state index in [1.807, 2.05) is 37.3 Å². The van der Waals surface area contributed by atoms with Crippen LogP contribution in [0.25, 0.3) is 5.69 Å². The van der Waals surface area contributed by atoms with Crippen molar-refractivity contribution in [1.29, 1.82) is 0 Å². The molecule has 1 aliphatic rings. The van der Waals surface area contributed by atoms with Gasteiger partial charge in [0.1, 0.15) is 5.82 Å². The van der Waals surface area contributed by atoms with E-state index in [1.165, 1.54) is 4.80 Å². The van der Waals surface area contributed by atoms with E-state index in [4.69, 9.17) is 0 Å². The fourth-order valence-electron chi connectivity index (χ4n) is 3.09. The molecule has 25 heavy (non-hydrogen) atoms. The smallest absolute Gasteiger partial charge is 0.274 e. The van der Waals surface area contributed by atoms with Crippen LogP contribution in [0.15, 0.2) is 30.3 Å². The summed E-state index contributed by atoms with van der Waals surface area (Å²) < 4.78 is 2.08. The van der Waals surface area contributed by atoms with Gasteiger partial charge in [0.2, 0.25) is 0 Å². The zero-order valence-electron chi connectivity index (χ0n) is 14.2. The molecule has 0 aliphatic carbocycles.